The maximum absolute atomic E-state index is 11.7. The van der Waals surface area contributed by atoms with Crippen molar-refractivity contribution < 1.29 is 19.0 Å². The SMILES string of the molecule is COC(=O)C1=C(C)C2OC(C)(C)OC2C(C)C1. The molecule has 0 saturated carbocycles. The van der Waals surface area contributed by atoms with Crippen LogP contribution < -0.4 is 0 Å². The quantitative estimate of drug-likeness (QED) is 0.658. The summed E-state index contributed by atoms with van der Waals surface area (Å²) in [7, 11) is 1.41. The molecule has 0 spiro atoms. The fraction of sp³-hybridized carbons (Fsp3) is 0.769. The molecular weight excluding hydrogens is 220 g/mol. The number of carbonyl (C=O) groups is 1. The lowest BCUT2D eigenvalue weighted by Crippen LogP contribution is -2.36. The molecule has 0 radical (unpaired) electrons. The molecule has 3 unspecified atom stereocenters. The maximum atomic E-state index is 11.7. The Kier molecular flexibility index (Phi) is 3.04. The number of rotatable bonds is 1. The summed E-state index contributed by atoms with van der Waals surface area (Å²) in [5.41, 5.74) is 1.69. The molecule has 2 rings (SSSR count). The van der Waals surface area contributed by atoms with Crippen LogP contribution in [0.4, 0.5) is 0 Å². The summed E-state index contributed by atoms with van der Waals surface area (Å²) in [6.07, 6.45) is 0.611. The van der Waals surface area contributed by atoms with E-state index in [0.29, 0.717) is 6.42 Å². The molecule has 4 nitrogen and oxygen atoms in total. The third-order valence-corrected chi connectivity index (χ3v) is 3.55. The highest BCUT2D eigenvalue weighted by Crippen LogP contribution is 2.42. The first-order chi connectivity index (χ1) is 7.85. The van der Waals surface area contributed by atoms with Crippen molar-refractivity contribution in [3.63, 3.8) is 0 Å². The molecule has 0 amide bonds. The molecule has 17 heavy (non-hydrogen) atoms. The van der Waals surface area contributed by atoms with E-state index in [1.807, 2.05) is 20.8 Å². The summed E-state index contributed by atoms with van der Waals surface area (Å²) in [6, 6.07) is 0. The maximum Gasteiger partial charge on any atom is 0.333 e. The molecule has 3 atom stereocenters. The molecule has 0 aromatic heterocycles. The first-order valence-electron chi connectivity index (χ1n) is 5.99. The fourth-order valence-corrected chi connectivity index (χ4v) is 2.68. The topological polar surface area (TPSA) is 44.8 Å². The highest BCUT2D eigenvalue weighted by atomic mass is 16.8. The van der Waals surface area contributed by atoms with Crippen LogP contribution in [0, 0.1) is 5.92 Å². The smallest absolute Gasteiger partial charge is 0.333 e. The van der Waals surface area contributed by atoms with Crippen LogP contribution >= 0.6 is 0 Å². The van der Waals surface area contributed by atoms with Gasteiger partial charge in [-0.05, 0) is 38.7 Å². The first-order valence-corrected chi connectivity index (χ1v) is 5.99. The minimum Gasteiger partial charge on any atom is -0.466 e. The van der Waals surface area contributed by atoms with E-state index < -0.39 is 5.79 Å². The largest absolute Gasteiger partial charge is 0.466 e. The predicted molar refractivity (Wildman–Crippen MR) is 62.3 cm³/mol. The van der Waals surface area contributed by atoms with Gasteiger partial charge in [-0.15, -0.1) is 0 Å². The van der Waals surface area contributed by atoms with Crippen molar-refractivity contribution in [2.45, 2.75) is 52.1 Å². The lowest BCUT2D eigenvalue weighted by Gasteiger charge is -2.30. The van der Waals surface area contributed by atoms with Crippen LogP contribution in [0.5, 0.6) is 0 Å². The van der Waals surface area contributed by atoms with Crippen molar-refractivity contribution >= 4 is 5.97 Å². The zero-order chi connectivity index (χ0) is 12.8. The Labute approximate surface area is 102 Å². The third kappa shape index (κ3) is 2.11. The van der Waals surface area contributed by atoms with Gasteiger partial charge in [0.1, 0.15) is 6.10 Å². The van der Waals surface area contributed by atoms with Crippen LogP contribution in [-0.4, -0.2) is 31.1 Å². The Morgan fingerprint density at radius 2 is 2.06 bits per heavy atom. The molecule has 1 fully saturated rings. The van der Waals surface area contributed by atoms with Crippen LogP contribution in [0.3, 0.4) is 0 Å². The minimum absolute atomic E-state index is 0.0402. The Morgan fingerprint density at radius 1 is 1.41 bits per heavy atom. The van der Waals surface area contributed by atoms with Gasteiger partial charge in [0.15, 0.2) is 5.79 Å². The van der Waals surface area contributed by atoms with Crippen LogP contribution in [0.25, 0.3) is 0 Å². The normalized spacial score (nSPS) is 35.7. The molecule has 0 bridgehead atoms. The van der Waals surface area contributed by atoms with Gasteiger partial charge in [-0.1, -0.05) is 6.92 Å². The second-order valence-corrected chi connectivity index (χ2v) is 5.36. The van der Waals surface area contributed by atoms with Crippen molar-refractivity contribution in [2.75, 3.05) is 7.11 Å². The summed E-state index contributed by atoms with van der Waals surface area (Å²) in [4.78, 5) is 11.7. The van der Waals surface area contributed by atoms with Gasteiger partial charge in [-0.2, -0.15) is 0 Å². The lowest BCUT2D eigenvalue weighted by atomic mass is 9.81. The van der Waals surface area contributed by atoms with Crippen molar-refractivity contribution in [1.29, 1.82) is 0 Å². The van der Waals surface area contributed by atoms with E-state index in [1.165, 1.54) is 7.11 Å². The van der Waals surface area contributed by atoms with E-state index in [2.05, 4.69) is 6.92 Å². The van der Waals surface area contributed by atoms with E-state index in [4.69, 9.17) is 14.2 Å². The Hall–Kier alpha value is -0.870. The number of ether oxygens (including phenoxy) is 3. The van der Waals surface area contributed by atoms with Gasteiger partial charge in [0.25, 0.3) is 0 Å². The van der Waals surface area contributed by atoms with E-state index in [1.54, 1.807) is 0 Å². The molecule has 1 aliphatic carbocycles. The Bertz CT molecular complexity index is 370. The van der Waals surface area contributed by atoms with Gasteiger partial charge in [-0.25, -0.2) is 4.79 Å². The van der Waals surface area contributed by atoms with Gasteiger partial charge >= 0.3 is 5.97 Å². The van der Waals surface area contributed by atoms with Crippen molar-refractivity contribution in [3.8, 4) is 0 Å². The van der Waals surface area contributed by atoms with Crippen LogP contribution in [0.15, 0.2) is 11.1 Å². The average molecular weight is 240 g/mol. The van der Waals surface area contributed by atoms with E-state index >= 15 is 0 Å². The summed E-state index contributed by atoms with van der Waals surface area (Å²) in [5.74, 6) is -0.558. The molecular formula is C13H20O4. The second kappa shape index (κ2) is 4.10. The zero-order valence-corrected chi connectivity index (χ0v) is 11.1. The molecule has 0 N–H and O–H groups in total. The van der Waals surface area contributed by atoms with Crippen LogP contribution in [0.1, 0.15) is 34.1 Å². The number of methoxy groups -OCH3 is 1. The number of hydrogen-bond acceptors (Lipinski definition) is 4. The van der Waals surface area contributed by atoms with Gasteiger partial charge < -0.3 is 14.2 Å². The van der Waals surface area contributed by atoms with Gasteiger partial charge in [0, 0.05) is 5.57 Å². The highest BCUT2D eigenvalue weighted by molar-refractivity contribution is 5.89. The van der Waals surface area contributed by atoms with Crippen molar-refractivity contribution in [3.05, 3.63) is 11.1 Å². The average Bonchev–Trinajstić information content (AvgIpc) is 2.59. The number of hydrogen-bond donors (Lipinski definition) is 0. The second-order valence-electron chi connectivity index (χ2n) is 5.36. The molecule has 1 heterocycles. The standard InChI is InChI=1S/C13H20O4/c1-7-6-9(12(14)15-5)8(2)11-10(7)16-13(3,4)17-11/h7,10-11H,6H2,1-5H3. The van der Waals surface area contributed by atoms with Crippen molar-refractivity contribution in [1.82, 2.24) is 0 Å². The number of esters is 1. The third-order valence-electron chi connectivity index (χ3n) is 3.55. The minimum atomic E-state index is -0.573. The van der Waals surface area contributed by atoms with Crippen LogP contribution in [-0.2, 0) is 19.0 Å². The predicted octanol–water partition coefficient (Wildman–Crippen LogP) is 2.04. The van der Waals surface area contributed by atoms with Gasteiger partial charge in [0.05, 0.1) is 13.2 Å². The monoisotopic (exact) mass is 240 g/mol. The summed E-state index contributed by atoms with van der Waals surface area (Å²) >= 11 is 0. The Morgan fingerprint density at radius 3 is 2.65 bits per heavy atom. The van der Waals surface area contributed by atoms with Crippen LogP contribution in [0.2, 0.25) is 0 Å². The molecule has 2 aliphatic rings. The van der Waals surface area contributed by atoms with E-state index in [0.717, 1.165) is 11.1 Å². The van der Waals surface area contributed by atoms with Gasteiger partial charge in [-0.3, -0.25) is 0 Å². The zero-order valence-electron chi connectivity index (χ0n) is 11.1. The van der Waals surface area contributed by atoms with Gasteiger partial charge in [0.2, 0.25) is 0 Å². The Balaban J connectivity index is 2.33. The molecule has 4 heteroatoms. The number of fused-ring (bicyclic) bond motifs is 1. The summed E-state index contributed by atoms with van der Waals surface area (Å²) in [5, 5.41) is 0. The summed E-state index contributed by atoms with van der Waals surface area (Å²) < 4.78 is 16.6. The molecule has 0 aromatic carbocycles. The lowest BCUT2D eigenvalue weighted by molar-refractivity contribution is -0.147. The summed E-state index contributed by atoms with van der Waals surface area (Å²) in [6.45, 7) is 7.82. The number of carbonyl (C=O) groups excluding carboxylic acids is 1. The molecule has 1 aliphatic heterocycles. The molecule has 1 saturated heterocycles. The van der Waals surface area contributed by atoms with Crippen molar-refractivity contribution in [2.24, 2.45) is 5.92 Å². The van der Waals surface area contributed by atoms with E-state index in [-0.39, 0.29) is 24.1 Å². The fourth-order valence-electron chi connectivity index (χ4n) is 2.68. The highest BCUT2D eigenvalue weighted by Gasteiger charge is 2.48. The molecule has 0 aromatic rings. The van der Waals surface area contributed by atoms with E-state index in [9.17, 15) is 4.79 Å². The first kappa shape index (κ1) is 12.6. The molecule has 96 valence electrons.